The first kappa shape index (κ1) is 22.4. The van der Waals surface area contributed by atoms with Gasteiger partial charge in [-0.1, -0.05) is 23.2 Å². The number of rotatable bonds is 7. The number of carbonyl (C=O) groups excluding carboxylic acids is 2. The van der Waals surface area contributed by atoms with Gasteiger partial charge in [-0.3, -0.25) is 20.4 Å². The molecule has 0 heterocycles. The molecule has 2 aromatic carbocycles. The van der Waals surface area contributed by atoms with Gasteiger partial charge in [-0.2, -0.15) is 0 Å². The second-order valence-corrected chi connectivity index (χ2v) is 6.54. The van der Waals surface area contributed by atoms with Crippen LogP contribution in [-0.4, -0.2) is 39.2 Å². The minimum absolute atomic E-state index is 0.189. The highest BCUT2D eigenvalue weighted by Crippen LogP contribution is 2.38. The van der Waals surface area contributed by atoms with Crippen LogP contribution in [0.5, 0.6) is 23.0 Å². The molecular formula is C19H20Cl2N2O6. The van der Waals surface area contributed by atoms with Crippen molar-refractivity contribution in [3.8, 4) is 23.0 Å². The van der Waals surface area contributed by atoms with Gasteiger partial charge in [-0.25, -0.2) is 0 Å². The van der Waals surface area contributed by atoms with Crippen molar-refractivity contribution < 1.29 is 28.5 Å². The topological polar surface area (TPSA) is 95.1 Å². The van der Waals surface area contributed by atoms with E-state index >= 15 is 0 Å². The molecule has 2 N–H and O–H groups in total. The van der Waals surface area contributed by atoms with Crippen LogP contribution in [0.4, 0.5) is 0 Å². The number of nitrogens with one attached hydrogen (secondary N) is 2. The number of benzene rings is 2. The maximum Gasteiger partial charge on any atom is 0.279 e. The molecule has 0 aliphatic carbocycles. The van der Waals surface area contributed by atoms with Crippen molar-refractivity contribution in [2.24, 2.45) is 0 Å². The van der Waals surface area contributed by atoms with E-state index in [2.05, 4.69) is 10.9 Å². The van der Waals surface area contributed by atoms with E-state index < -0.39 is 17.9 Å². The molecule has 0 fully saturated rings. The Kier molecular flexibility index (Phi) is 7.81. The minimum atomic E-state index is -0.936. The maximum absolute atomic E-state index is 12.4. The van der Waals surface area contributed by atoms with Gasteiger partial charge in [0.2, 0.25) is 5.75 Å². The highest BCUT2D eigenvalue weighted by atomic mass is 35.5. The van der Waals surface area contributed by atoms with Crippen LogP contribution < -0.4 is 29.8 Å². The first-order chi connectivity index (χ1) is 13.8. The number of halogens is 2. The second kappa shape index (κ2) is 10.1. The van der Waals surface area contributed by atoms with Gasteiger partial charge >= 0.3 is 0 Å². The molecule has 1 unspecified atom stereocenters. The molecule has 0 radical (unpaired) electrons. The summed E-state index contributed by atoms with van der Waals surface area (Å²) in [7, 11) is 4.32. The summed E-state index contributed by atoms with van der Waals surface area (Å²) in [6.07, 6.45) is -0.936. The summed E-state index contributed by atoms with van der Waals surface area (Å²) in [5.41, 5.74) is 4.78. The Labute approximate surface area is 177 Å². The number of hydrazine groups is 1. The van der Waals surface area contributed by atoms with Gasteiger partial charge < -0.3 is 18.9 Å². The second-order valence-electron chi connectivity index (χ2n) is 5.69. The van der Waals surface area contributed by atoms with Crippen LogP contribution in [0, 0.1) is 0 Å². The number of carbonyl (C=O) groups is 2. The molecule has 0 saturated carbocycles. The van der Waals surface area contributed by atoms with Crippen molar-refractivity contribution in [1.82, 2.24) is 10.9 Å². The number of ether oxygens (including phenoxy) is 4. The minimum Gasteiger partial charge on any atom is -0.493 e. The Balaban J connectivity index is 2.03. The summed E-state index contributed by atoms with van der Waals surface area (Å²) >= 11 is 11.9. The van der Waals surface area contributed by atoms with Gasteiger partial charge in [-0.15, -0.1) is 0 Å². The van der Waals surface area contributed by atoms with Gasteiger partial charge in [0.15, 0.2) is 17.6 Å². The van der Waals surface area contributed by atoms with E-state index in [1.807, 2.05) is 0 Å². The molecule has 0 spiro atoms. The summed E-state index contributed by atoms with van der Waals surface area (Å²) in [6, 6.07) is 7.53. The summed E-state index contributed by atoms with van der Waals surface area (Å²) in [4.78, 5) is 24.6. The lowest BCUT2D eigenvalue weighted by Gasteiger charge is -2.17. The van der Waals surface area contributed by atoms with Crippen LogP contribution >= 0.6 is 23.2 Å². The van der Waals surface area contributed by atoms with Crippen LogP contribution in [0.1, 0.15) is 17.3 Å². The predicted molar refractivity (Wildman–Crippen MR) is 108 cm³/mol. The molecule has 2 amide bonds. The normalized spacial score (nSPS) is 11.2. The Morgan fingerprint density at radius 1 is 0.897 bits per heavy atom. The quantitative estimate of drug-likeness (QED) is 0.639. The number of methoxy groups -OCH3 is 3. The zero-order valence-electron chi connectivity index (χ0n) is 16.2. The van der Waals surface area contributed by atoms with Crippen LogP contribution in [0.25, 0.3) is 0 Å². The van der Waals surface area contributed by atoms with E-state index in [1.165, 1.54) is 46.5 Å². The molecule has 2 rings (SSSR count). The van der Waals surface area contributed by atoms with E-state index in [-0.39, 0.29) is 16.3 Å². The molecule has 0 aliphatic heterocycles. The molecule has 1 atom stereocenters. The molecular weight excluding hydrogens is 423 g/mol. The van der Waals surface area contributed by atoms with Crippen molar-refractivity contribution in [3.05, 3.63) is 45.9 Å². The van der Waals surface area contributed by atoms with Crippen molar-refractivity contribution in [2.75, 3.05) is 21.3 Å². The van der Waals surface area contributed by atoms with E-state index in [0.717, 1.165) is 0 Å². The fourth-order valence-electron chi connectivity index (χ4n) is 2.32. The smallest absolute Gasteiger partial charge is 0.279 e. The predicted octanol–water partition coefficient (Wildman–Crippen LogP) is 3.25. The van der Waals surface area contributed by atoms with Crippen LogP contribution in [0.3, 0.4) is 0 Å². The molecule has 156 valence electrons. The Hall–Kier alpha value is -2.84. The van der Waals surface area contributed by atoms with Crippen molar-refractivity contribution in [2.45, 2.75) is 13.0 Å². The Bertz CT molecular complexity index is 881. The number of hydrogen-bond acceptors (Lipinski definition) is 6. The lowest BCUT2D eigenvalue weighted by molar-refractivity contribution is -0.128. The lowest BCUT2D eigenvalue weighted by atomic mass is 10.1. The molecule has 10 heteroatoms. The maximum atomic E-state index is 12.4. The largest absolute Gasteiger partial charge is 0.493 e. The van der Waals surface area contributed by atoms with Crippen molar-refractivity contribution >= 4 is 35.0 Å². The summed E-state index contributed by atoms with van der Waals surface area (Å²) in [6.45, 7) is 1.51. The summed E-state index contributed by atoms with van der Waals surface area (Å²) in [5, 5.41) is 0.704. The van der Waals surface area contributed by atoms with Crippen molar-refractivity contribution in [3.63, 3.8) is 0 Å². The standard InChI is InChI=1S/C19H20Cl2N2O6/c1-10(29-14-6-5-12(20)9-13(14)21)18(24)22-23-19(25)11-7-15(26-2)17(28-4)16(8-11)27-3/h5-10H,1-4H3,(H,22,24)(H,23,25). The zero-order chi connectivity index (χ0) is 21.6. The number of hydrogen-bond donors (Lipinski definition) is 2. The molecule has 0 bridgehead atoms. The van der Waals surface area contributed by atoms with Crippen molar-refractivity contribution in [1.29, 1.82) is 0 Å². The zero-order valence-corrected chi connectivity index (χ0v) is 17.7. The van der Waals surface area contributed by atoms with E-state index in [4.69, 9.17) is 42.1 Å². The van der Waals surface area contributed by atoms with E-state index in [0.29, 0.717) is 22.3 Å². The summed E-state index contributed by atoms with van der Waals surface area (Å²) < 4.78 is 21.1. The Morgan fingerprint density at radius 3 is 2.03 bits per heavy atom. The Morgan fingerprint density at radius 2 is 1.52 bits per heavy atom. The van der Waals surface area contributed by atoms with E-state index in [1.54, 1.807) is 12.1 Å². The van der Waals surface area contributed by atoms with Gasteiger partial charge in [0.25, 0.3) is 11.8 Å². The SMILES string of the molecule is COc1cc(C(=O)NNC(=O)C(C)Oc2ccc(Cl)cc2Cl)cc(OC)c1OC. The fourth-order valence-corrected chi connectivity index (χ4v) is 2.77. The third-order valence-electron chi connectivity index (χ3n) is 3.79. The monoisotopic (exact) mass is 442 g/mol. The average Bonchev–Trinajstić information content (AvgIpc) is 2.72. The highest BCUT2D eigenvalue weighted by Gasteiger charge is 2.20. The number of amides is 2. The molecule has 8 nitrogen and oxygen atoms in total. The average molecular weight is 443 g/mol. The van der Waals surface area contributed by atoms with Gasteiger partial charge in [0.05, 0.1) is 26.4 Å². The first-order valence-corrected chi connectivity index (χ1v) is 9.08. The van der Waals surface area contributed by atoms with Crippen LogP contribution in [0.15, 0.2) is 30.3 Å². The van der Waals surface area contributed by atoms with Gasteiger partial charge in [0, 0.05) is 10.6 Å². The highest BCUT2D eigenvalue weighted by molar-refractivity contribution is 6.35. The fraction of sp³-hybridized carbons (Fsp3) is 0.263. The first-order valence-electron chi connectivity index (χ1n) is 8.32. The molecule has 0 saturated heterocycles. The van der Waals surface area contributed by atoms with Crippen LogP contribution in [-0.2, 0) is 4.79 Å². The third-order valence-corrected chi connectivity index (χ3v) is 4.32. The molecule has 29 heavy (non-hydrogen) atoms. The molecule has 0 aromatic heterocycles. The summed E-state index contributed by atoms with van der Waals surface area (Å²) in [5.74, 6) is 0.0630. The van der Waals surface area contributed by atoms with E-state index in [9.17, 15) is 9.59 Å². The lowest BCUT2D eigenvalue weighted by Crippen LogP contribution is -2.47. The molecule has 0 aliphatic rings. The van der Waals surface area contributed by atoms with Gasteiger partial charge in [0.1, 0.15) is 5.75 Å². The van der Waals surface area contributed by atoms with Gasteiger partial charge in [-0.05, 0) is 37.3 Å². The third kappa shape index (κ3) is 5.58. The van der Waals surface area contributed by atoms with Crippen LogP contribution in [0.2, 0.25) is 10.0 Å². The molecule has 2 aromatic rings.